The van der Waals surface area contributed by atoms with Crippen molar-refractivity contribution in [2.45, 2.75) is 226 Å². The van der Waals surface area contributed by atoms with E-state index in [1.165, 1.54) is 96.3 Å². The first kappa shape index (κ1) is 49.6. The van der Waals surface area contributed by atoms with Crippen LogP contribution in [-0.2, 0) is 28.6 Å². The summed E-state index contributed by atoms with van der Waals surface area (Å²) in [5.41, 5.74) is 0. The predicted molar refractivity (Wildman–Crippen MR) is 219 cm³/mol. The van der Waals surface area contributed by atoms with Crippen LogP contribution in [0.3, 0.4) is 0 Å². The molecule has 0 aliphatic carbocycles. The zero-order chi connectivity index (χ0) is 38.0. The second-order valence-electron chi connectivity index (χ2n) is 14.6. The molecule has 0 aromatic heterocycles. The summed E-state index contributed by atoms with van der Waals surface area (Å²) in [6, 6.07) is 0. The fourth-order valence-corrected chi connectivity index (χ4v) is 6.00. The molecule has 0 aromatic rings. The van der Waals surface area contributed by atoms with Crippen LogP contribution in [0, 0.1) is 0 Å². The van der Waals surface area contributed by atoms with Gasteiger partial charge in [0.2, 0.25) is 0 Å². The van der Waals surface area contributed by atoms with Crippen LogP contribution < -0.4 is 0 Å². The number of rotatable bonds is 39. The Morgan fingerprint density at radius 3 is 1.15 bits per heavy atom. The Bertz CT molecular complexity index is 891. The Labute approximate surface area is 321 Å². The van der Waals surface area contributed by atoms with Crippen molar-refractivity contribution in [1.29, 1.82) is 0 Å². The number of esters is 3. The summed E-state index contributed by atoms with van der Waals surface area (Å²) in [5.74, 6) is -0.935. The van der Waals surface area contributed by atoms with Crippen molar-refractivity contribution in [2.75, 3.05) is 13.2 Å². The normalized spacial score (nSPS) is 12.3. The zero-order valence-electron chi connectivity index (χ0n) is 34.3. The van der Waals surface area contributed by atoms with E-state index in [4.69, 9.17) is 14.2 Å². The maximum Gasteiger partial charge on any atom is 0.306 e. The Morgan fingerprint density at radius 2 is 0.712 bits per heavy atom. The molecule has 0 amide bonds. The van der Waals surface area contributed by atoms with Gasteiger partial charge in [-0.15, -0.1) is 0 Å². The van der Waals surface area contributed by atoms with E-state index >= 15 is 0 Å². The third kappa shape index (κ3) is 38.9. The van der Waals surface area contributed by atoms with E-state index in [9.17, 15) is 14.4 Å². The number of carbonyl (C=O) groups is 3. The summed E-state index contributed by atoms with van der Waals surface area (Å²) in [6.07, 6.45) is 45.6. The van der Waals surface area contributed by atoms with E-state index in [0.29, 0.717) is 19.3 Å². The van der Waals surface area contributed by atoms with Crippen LogP contribution in [-0.4, -0.2) is 37.2 Å². The zero-order valence-corrected chi connectivity index (χ0v) is 34.3. The van der Waals surface area contributed by atoms with Crippen LogP contribution in [0.5, 0.6) is 0 Å². The number of ether oxygens (including phenoxy) is 3. The summed E-state index contributed by atoms with van der Waals surface area (Å²) < 4.78 is 16.6. The molecule has 0 fully saturated rings. The Balaban J connectivity index is 4.40. The van der Waals surface area contributed by atoms with Gasteiger partial charge in [-0.05, 0) is 64.2 Å². The van der Waals surface area contributed by atoms with Crippen molar-refractivity contribution in [2.24, 2.45) is 0 Å². The monoisotopic (exact) mass is 731 g/mol. The molecule has 0 radical (unpaired) electrons. The van der Waals surface area contributed by atoms with Crippen molar-refractivity contribution in [3.63, 3.8) is 0 Å². The van der Waals surface area contributed by atoms with E-state index in [1.807, 2.05) is 0 Å². The molecule has 0 heterocycles. The summed E-state index contributed by atoms with van der Waals surface area (Å²) in [6.45, 7) is 6.51. The highest BCUT2D eigenvalue weighted by atomic mass is 16.6. The van der Waals surface area contributed by atoms with Crippen molar-refractivity contribution < 1.29 is 28.6 Å². The van der Waals surface area contributed by atoms with Gasteiger partial charge in [-0.25, -0.2) is 0 Å². The van der Waals surface area contributed by atoms with Gasteiger partial charge in [-0.2, -0.15) is 0 Å². The molecular weight excluding hydrogens is 648 g/mol. The van der Waals surface area contributed by atoms with E-state index in [1.54, 1.807) is 0 Å². The lowest BCUT2D eigenvalue weighted by Gasteiger charge is -2.18. The van der Waals surface area contributed by atoms with Crippen molar-refractivity contribution in [3.8, 4) is 0 Å². The van der Waals surface area contributed by atoms with Crippen molar-refractivity contribution >= 4 is 17.9 Å². The number of hydrogen-bond donors (Lipinski definition) is 0. The molecule has 0 bridgehead atoms. The summed E-state index contributed by atoms with van der Waals surface area (Å²) >= 11 is 0. The Morgan fingerprint density at radius 1 is 0.385 bits per heavy atom. The molecule has 1 unspecified atom stereocenters. The second kappa shape index (κ2) is 41.4. The number of allylic oxidation sites excluding steroid dienone is 6. The molecule has 0 N–H and O–H groups in total. The van der Waals surface area contributed by atoms with Gasteiger partial charge in [0.25, 0.3) is 0 Å². The maximum absolute atomic E-state index is 12.6. The molecule has 1 atom stereocenters. The van der Waals surface area contributed by atoms with Crippen LogP contribution in [0.1, 0.15) is 220 Å². The lowest BCUT2D eigenvalue weighted by Crippen LogP contribution is -2.30. The molecule has 0 saturated carbocycles. The van der Waals surface area contributed by atoms with Gasteiger partial charge in [-0.1, -0.05) is 173 Å². The standard InChI is InChI=1S/C46H82O6/c1-4-7-10-13-16-19-21-22-23-25-27-30-33-36-39-45(48)51-42-43(41-50-44(47)38-35-32-29-26-18-15-12-9-6-3)52-46(49)40-37-34-31-28-24-20-17-14-11-8-5-2/h14,17,20,23-25,43H,4-13,15-16,18-19,21-22,26-42H2,1-3H3/b17-14-,24-20-,25-23-. The topological polar surface area (TPSA) is 78.9 Å². The van der Waals surface area contributed by atoms with Crippen LogP contribution in [0.4, 0.5) is 0 Å². The van der Waals surface area contributed by atoms with E-state index < -0.39 is 6.10 Å². The Hall–Kier alpha value is -2.37. The van der Waals surface area contributed by atoms with E-state index in [-0.39, 0.29) is 31.1 Å². The van der Waals surface area contributed by atoms with Crippen molar-refractivity contribution in [3.05, 3.63) is 36.5 Å². The molecule has 0 spiro atoms. The number of unbranched alkanes of at least 4 members (excludes halogenated alkanes) is 23. The molecule has 0 rings (SSSR count). The van der Waals surface area contributed by atoms with Crippen LogP contribution in [0.15, 0.2) is 36.5 Å². The first-order chi connectivity index (χ1) is 25.5. The lowest BCUT2D eigenvalue weighted by atomic mass is 10.1. The van der Waals surface area contributed by atoms with Crippen LogP contribution >= 0.6 is 0 Å². The first-order valence-electron chi connectivity index (χ1n) is 22.0. The lowest BCUT2D eigenvalue weighted by molar-refractivity contribution is -0.167. The fourth-order valence-electron chi connectivity index (χ4n) is 6.00. The third-order valence-electron chi connectivity index (χ3n) is 9.40. The van der Waals surface area contributed by atoms with Gasteiger partial charge >= 0.3 is 17.9 Å². The molecule has 0 aliphatic heterocycles. The summed E-state index contributed by atoms with van der Waals surface area (Å²) in [5, 5.41) is 0. The van der Waals surface area contributed by atoms with Crippen LogP contribution in [0.2, 0.25) is 0 Å². The minimum atomic E-state index is -0.785. The number of hydrogen-bond acceptors (Lipinski definition) is 6. The SMILES string of the molecule is CCCC/C=C\C=C/CCCCCC(=O)OC(COC(=O)CCCCC/C=C\CCCCCCCCC)COC(=O)CCCCCCCCCCC. The molecule has 0 aromatic carbocycles. The highest BCUT2D eigenvalue weighted by Crippen LogP contribution is 2.13. The number of carbonyl (C=O) groups excluding carboxylic acids is 3. The maximum atomic E-state index is 12.6. The molecule has 302 valence electrons. The quantitative estimate of drug-likeness (QED) is 0.0206. The minimum absolute atomic E-state index is 0.0863. The average Bonchev–Trinajstić information content (AvgIpc) is 3.14. The van der Waals surface area contributed by atoms with E-state index in [0.717, 1.165) is 83.5 Å². The van der Waals surface area contributed by atoms with Gasteiger partial charge in [-0.3, -0.25) is 14.4 Å². The highest BCUT2D eigenvalue weighted by molar-refractivity contribution is 5.71. The molecule has 0 saturated heterocycles. The second-order valence-corrected chi connectivity index (χ2v) is 14.6. The molecule has 0 aliphatic rings. The fraction of sp³-hybridized carbons (Fsp3) is 0.804. The molecule has 6 nitrogen and oxygen atoms in total. The predicted octanol–water partition coefficient (Wildman–Crippen LogP) is 13.8. The Kier molecular flexibility index (Phi) is 39.5. The average molecular weight is 731 g/mol. The van der Waals surface area contributed by atoms with Crippen LogP contribution in [0.25, 0.3) is 0 Å². The largest absolute Gasteiger partial charge is 0.462 e. The highest BCUT2D eigenvalue weighted by Gasteiger charge is 2.19. The first-order valence-corrected chi connectivity index (χ1v) is 22.0. The molecule has 52 heavy (non-hydrogen) atoms. The molecular formula is C46H82O6. The third-order valence-corrected chi connectivity index (χ3v) is 9.40. The minimum Gasteiger partial charge on any atom is -0.462 e. The van der Waals surface area contributed by atoms with Gasteiger partial charge in [0.1, 0.15) is 13.2 Å². The van der Waals surface area contributed by atoms with Gasteiger partial charge in [0.05, 0.1) is 0 Å². The van der Waals surface area contributed by atoms with Gasteiger partial charge < -0.3 is 14.2 Å². The van der Waals surface area contributed by atoms with Crippen molar-refractivity contribution in [1.82, 2.24) is 0 Å². The summed E-state index contributed by atoms with van der Waals surface area (Å²) in [4.78, 5) is 37.6. The van der Waals surface area contributed by atoms with Gasteiger partial charge in [0, 0.05) is 19.3 Å². The van der Waals surface area contributed by atoms with Gasteiger partial charge in [0.15, 0.2) is 6.10 Å². The molecule has 6 heteroatoms. The smallest absolute Gasteiger partial charge is 0.306 e. The van der Waals surface area contributed by atoms with E-state index in [2.05, 4.69) is 57.2 Å². The summed E-state index contributed by atoms with van der Waals surface area (Å²) in [7, 11) is 0.